The fraction of sp³-hybridized carbons (Fsp3) is 0.462. The molecule has 0 fully saturated rings. The molecule has 4 heteroatoms. The molecule has 0 spiro atoms. The largest absolute Gasteiger partial charge is 0.508 e. The van der Waals surface area contributed by atoms with Crippen LogP contribution in [0, 0.1) is 0 Å². The van der Waals surface area contributed by atoms with Crippen LogP contribution in [0.15, 0.2) is 24.3 Å². The van der Waals surface area contributed by atoms with Gasteiger partial charge in [0, 0.05) is 12.8 Å². The van der Waals surface area contributed by atoms with Crippen LogP contribution in [0.2, 0.25) is 0 Å². The maximum Gasteiger partial charge on any atom is 0.305 e. The molecule has 0 atom stereocenters. The van der Waals surface area contributed by atoms with E-state index in [4.69, 9.17) is 14.6 Å². The molecule has 1 N–H and O–H groups in total. The first-order chi connectivity index (χ1) is 8.22. The molecule has 0 unspecified atom stereocenters. The first kappa shape index (κ1) is 13.4. The summed E-state index contributed by atoms with van der Waals surface area (Å²) in [6, 6.07) is 6.52. The molecule has 0 aliphatic carbocycles. The highest BCUT2D eigenvalue weighted by Gasteiger charge is 2.00. The Morgan fingerprint density at radius 2 is 1.94 bits per heavy atom. The molecule has 0 amide bonds. The fourth-order valence-electron chi connectivity index (χ4n) is 1.25. The van der Waals surface area contributed by atoms with Crippen molar-refractivity contribution in [3.8, 4) is 11.5 Å². The third-order valence-corrected chi connectivity index (χ3v) is 2.11. The van der Waals surface area contributed by atoms with Gasteiger partial charge in [-0.25, -0.2) is 0 Å². The van der Waals surface area contributed by atoms with E-state index >= 15 is 0 Å². The Balaban J connectivity index is 2.08. The third-order valence-electron chi connectivity index (χ3n) is 2.11. The van der Waals surface area contributed by atoms with Gasteiger partial charge in [-0.15, -0.1) is 0 Å². The molecule has 0 bridgehead atoms. The van der Waals surface area contributed by atoms with Crippen molar-refractivity contribution in [1.29, 1.82) is 0 Å². The van der Waals surface area contributed by atoms with Crippen LogP contribution < -0.4 is 4.74 Å². The van der Waals surface area contributed by atoms with E-state index in [2.05, 4.69) is 0 Å². The normalized spacial score (nSPS) is 9.94. The van der Waals surface area contributed by atoms with Gasteiger partial charge in [0.05, 0.1) is 13.2 Å². The predicted octanol–water partition coefficient (Wildman–Crippen LogP) is 2.50. The maximum atomic E-state index is 11.0. The molecular weight excluding hydrogens is 220 g/mol. The summed E-state index contributed by atoms with van der Waals surface area (Å²) < 4.78 is 10.4. The Morgan fingerprint density at radius 1 is 1.24 bits per heavy atom. The van der Waals surface area contributed by atoms with Gasteiger partial charge in [-0.1, -0.05) is 6.92 Å². The molecule has 1 rings (SSSR count). The van der Waals surface area contributed by atoms with Gasteiger partial charge in [0.25, 0.3) is 0 Å². The number of hydrogen-bond donors (Lipinski definition) is 1. The van der Waals surface area contributed by atoms with Gasteiger partial charge in [-0.05, 0) is 30.7 Å². The average molecular weight is 238 g/mol. The zero-order valence-corrected chi connectivity index (χ0v) is 10.0. The lowest BCUT2D eigenvalue weighted by atomic mass is 10.3. The molecule has 1 aromatic rings. The summed E-state index contributed by atoms with van der Waals surface area (Å²) in [6.07, 6.45) is 1.94. The van der Waals surface area contributed by atoms with Gasteiger partial charge in [0.2, 0.25) is 0 Å². The third kappa shape index (κ3) is 5.80. The molecule has 0 aliphatic rings. The second kappa shape index (κ2) is 7.54. The summed E-state index contributed by atoms with van der Waals surface area (Å²) >= 11 is 0. The quantitative estimate of drug-likeness (QED) is 0.585. The van der Waals surface area contributed by atoms with Crippen LogP contribution in [0.5, 0.6) is 11.5 Å². The molecule has 0 saturated heterocycles. The van der Waals surface area contributed by atoms with Crippen molar-refractivity contribution in [3.63, 3.8) is 0 Å². The summed E-state index contributed by atoms with van der Waals surface area (Å²) in [5.74, 6) is 0.755. The second-order valence-corrected chi connectivity index (χ2v) is 3.67. The molecule has 17 heavy (non-hydrogen) atoms. The van der Waals surface area contributed by atoms with E-state index in [-0.39, 0.29) is 11.7 Å². The van der Waals surface area contributed by atoms with E-state index in [1.807, 2.05) is 6.92 Å². The van der Waals surface area contributed by atoms with Gasteiger partial charge in [-0.2, -0.15) is 0 Å². The topological polar surface area (TPSA) is 55.8 Å². The SMILES string of the molecule is CCCC(=O)OCCCOc1ccc(O)cc1. The first-order valence-electron chi connectivity index (χ1n) is 5.80. The number of hydrogen-bond acceptors (Lipinski definition) is 4. The van der Waals surface area contributed by atoms with Gasteiger partial charge in [-0.3, -0.25) is 4.79 Å². The molecule has 0 radical (unpaired) electrons. The van der Waals surface area contributed by atoms with Crippen molar-refractivity contribution in [2.24, 2.45) is 0 Å². The lowest BCUT2D eigenvalue weighted by Crippen LogP contribution is -2.08. The standard InChI is InChI=1S/C13H18O4/c1-2-4-13(15)17-10-3-9-16-12-7-5-11(14)6-8-12/h5-8,14H,2-4,9-10H2,1H3. The van der Waals surface area contributed by atoms with E-state index in [1.54, 1.807) is 24.3 Å². The smallest absolute Gasteiger partial charge is 0.305 e. The van der Waals surface area contributed by atoms with Crippen LogP contribution in [-0.2, 0) is 9.53 Å². The van der Waals surface area contributed by atoms with Crippen LogP contribution in [0.4, 0.5) is 0 Å². The number of carbonyl (C=O) groups is 1. The molecule has 0 heterocycles. The number of rotatable bonds is 7. The summed E-state index contributed by atoms with van der Waals surface area (Å²) in [6.45, 7) is 2.82. The number of ether oxygens (including phenoxy) is 2. The van der Waals surface area contributed by atoms with E-state index < -0.39 is 0 Å². The predicted molar refractivity (Wildman–Crippen MR) is 64.1 cm³/mol. The summed E-state index contributed by atoms with van der Waals surface area (Å²) in [5.41, 5.74) is 0. The van der Waals surface area contributed by atoms with Crippen molar-refractivity contribution >= 4 is 5.97 Å². The van der Waals surface area contributed by atoms with Gasteiger partial charge < -0.3 is 14.6 Å². The zero-order valence-electron chi connectivity index (χ0n) is 10.0. The van der Waals surface area contributed by atoms with Crippen LogP contribution >= 0.6 is 0 Å². The minimum absolute atomic E-state index is 0.155. The molecule has 1 aromatic carbocycles. The summed E-state index contributed by atoms with van der Waals surface area (Å²) in [5, 5.41) is 9.06. The number of carbonyl (C=O) groups excluding carboxylic acids is 1. The Kier molecular flexibility index (Phi) is 5.93. The minimum atomic E-state index is -0.155. The lowest BCUT2D eigenvalue weighted by molar-refractivity contribution is -0.143. The van der Waals surface area contributed by atoms with Crippen LogP contribution in [0.3, 0.4) is 0 Å². The highest BCUT2D eigenvalue weighted by Crippen LogP contribution is 2.15. The van der Waals surface area contributed by atoms with Gasteiger partial charge in [0.1, 0.15) is 11.5 Å². The van der Waals surface area contributed by atoms with Crippen LogP contribution in [0.25, 0.3) is 0 Å². The molecule has 0 aromatic heterocycles. The Hall–Kier alpha value is -1.71. The van der Waals surface area contributed by atoms with Gasteiger partial charge >= 0.3 is 5.97 Å². The van der Waals surface area contributed by atoms with E-state index in [0.29, 0.717) is 31.8 Å². The van der Waals surface area contributed by atoms with Crippen molar-refractivity contribution in [2.45, 2.75) is 26.2 Å². The molecule has 0 aliphatic heterocycles. The van der Waals surface area contributed by atoms with E-state index in [9.17, 15) is 4.79 Å². The Morgan fingerprint density at radius 3 is 2.59 bits per heavy atom. The number of benzene rings is 1. The Bertz CT molecular complexity index is 332. The minimum Gasteiger partial charge on any atom is -0.508 e. The van der Waals surface area contributed by atoms with E-state index in [1.165, 1.54) is 0 Å². The highest BCUT2D eigenvalue weighted by molar-refractivity contribution is 5.69. The van der Waals surface area contributed by atoms with Crippen molar-refractivity contribution in [1.82, 2.24) is 0 Å². The van der Waals surface area contributed by atoms with Crippen LogP contribution in [-0.4, -0.2) is 24.3 Å². The summed E-state index contributed by atoms with van der Waals surface area (Å²) in [4.78, 5) is 11.0. The number of phenolic OH excluding ortho intramolecular Hbond substituents is 1. The lowest BCUT2D eigenvalue weighted by Gasteiger charge is -2.06. The summed E-state index contributed by atoms with van der Waals surface area (Å²) in [7, 11) is 0. The molecular formula is C13H18O4. The van der Waals surface area contributed by atoms with Crippen molar-refractivity contribution in [2.75, 3.05) is 13.2 Å². The second-order valence-electron chi connectivity index (χ2n) is 3.67. The fourth-order valence-corrected chi connectivity index (χ4v) is 1.25. The number of esters is 1. The highest BCUT2D eigenvalue weighted by atomic mass is 16.5. The molecule has 0 saturated carbocycles. The maximum absolute atomic E-state index is 11.0. The van der Waals surface area contributed by atoms with Crippen molar-refractivity contribution < 1.29 is 19.4 Å². The molecule has 94 valence electrons. The van der Waals surface area contributed by atoms with Crippen molar-refractivity contribution in [3.05, 3.63) is 24.3 Å². The zero-order chi connectivity index (χ0) is 12.5. The van der Waals surface area contributed by atoms with Gasteiger partial charge in [0.15, 0.2) is 0 Å². The average Bonchev–Trinajstić information content (AvgIpc) is 2.31. The monoisotopic (exact) mass is 238 g/mol. The Labute approximate surface area is 101 Å². The number of phenols is 1. The van der Waals surface area contributed by atoms with E-state index in [0.717, 1.165) is 6.42 Å². The number of aromatic hydroxyl groups is 1. The van der Waals surface area contributed by atoms with Crippen LogP contribution in [0.1, 0.15) is 26.2 Å². The first-order valence-corrected chi connectivity index (χ1v) is 5.80. The molecule has 4 nitrogen and oxygen atoms in total.